The Morgan fingerprint density at radius 2 is 1.84 bits per heavy atom. The molecule has 1 amide bonds. The molecule has 0 unspecified atom stereocenters. The van der Waals surface area contributed by atoms with Gasteiger partial charge >= 0.3 is 12.1 Å². The van der Waals surface area contributed by atoms with Crippen molar-refractivity contribution in [2.45, 2.75) is 86.0 Å². The van der Waals surface area contributed by atoms with Gasteiger partial charge in [0, 0.05) is 42.7 Å². The summed E-state index contributed by atoms with van der Waals surface area (Å²) in [5.41, 5.74) is 0.307. The monoisotopic (exact) mass is 927 g/mol. The van der Waals surface area contributed by atoms with Crippen molar-refractivity contribution in [3.05, 3.63) is 108 Å². The Balaban J connectivity index is 0.887. The number of benzene rings is 3. The minimum Gasteiger partial charge on any atom is -0.461 e. The number of nitrogens with zero attached hydrogens (tertiary/aromatic N) is 9. The van der Waals surface area contributed by atoms with Gasteiger partial charge in [0.2, 0.25) is 0 Å². The highest BCUT2D eigenvalue weighted by molar-refractivity contribution is 7.86. The Morgan fingerprint density at radius 1 is 1.01 bits per heavy atom. The number of aromatic nitrogens is 6. The Kier molecular flexibility index (Phi) is 10.9. The second-order valence-electron chi connectivity index (χ2n) is 18.2. The SMILES string of the molecule is C#Cc1c(F)ccc2cccc(-c3ncc4c(N5C[C@H]6CC[C@@H](C5)N6C(=O)OCC=C)nc(OC[C@@]56CCCN5C[C@H](OS(=O)(=O)c5cccc(Cn7cnc(C8CC8)n7)c5)C6)nc4c3F)c12. The van der Waals surface area contributed by atoms with Crippen LogP contribution in [0.5, 0.6) is 6.01 Å². The zero-order chi connectivity index (χ0) is 46.0. The van der Waals surface area contributed by atoms with Crippen molar-refractivity contribution in [3.8, 4) is 29.6 Å². The van der Waals surface area contributed by atoms with Crippen LogP contribution in [0.4, 0.5) is 19.4 Å². The lowest BCUT2D eigenvalue weighted by Gasteiger charge is -2.41. The maximum atomic E-state index is 17.3. The molecule has 0 radical (unpaired) electrons. The predicted molar refractivity (Wildman–Crippen MR) is 244 cm³/mol. The molecule has 67 heavy (non-hydrogen) atoms. The van der Waals surface area contributed by atoms with Gasteiger partial charge in [-0.1, -0.05) is 55.0 Å². The third kappa shape index (κ3) is 7.91. The fourth-order valence-electron chi connectivity index (χ4n) is 10.7. The number of ether oxygens (including phenoxy) is 2. The largest absolute Gasteiger partial charge is 0.461 e. The first-order valence-electron chi connectivity index (χ1n) is 22.7. The molecule has 5 fully saturated rings. The molecule has 18 heteroatoms. The van der Waals surface area contributed by atoms with Gasteiger partial charge in [0.05, 0.1) is 46.1 Å². The normalized spacial score (nSPS) is 22.6. The summed E-state index contributed by atoms with van der Waals surface area (Å²) in [5.74, 6) is 2.66. The maximum Gasteiger partial charge on any atom is 0.410 e. The Morgan fingerprint density at radius 3 is 2.63 bits per heavy atom. The van der Waals surface area contributed by atoms with Crippen molar-refractivity contribution in [2.75, 3.05) is 44.3 Å². The molecule has 4 aliphatic heterocycles. The molecular formula is C49H47F2N9O6S. The van der Waals surface area contributed by atoms with Crippen molar-refractivity contribution >= 4 is 43.7 Å². The fourth-order valence-corrected chi connectivity index (χ4v) is 11.8. The van der Waals surface area contributed by atoms with E-state index in [0.717, 1.165) is 43.5 Å². The average molecular weight is 928 g/mol. The number of hydrogen-bond acceptors (Lipinski definition) is 13. The Bertz CT molecular complexity index is 3110. The smallest absolute Gasteiger partial charge is 0.410 e. The summed E-state index contributed by atoms with van der Waals surface area (Å²) in [7, 11) is -4.15. The van der Waals surface area contributed by atoms with E-state index < -0.39 is 39.5 Å². The van der Waals surface area contributed by atoms with E-state index in [1.807, 2.05) is 11.0 Å². The van der Waals surface area contributed by atoms with E-state index in [2.05, 4.69) is 37.4 Å². The van der Waals surface area contributed by atoms with Crippen LogP contribution in [-0.4, -0.2) is 117 Å². The highest BCUT2D eigenvalue weighted by Gasteiger charge is 2.51. The molecule has 7 heterocycles. The summed E-state index contributed by atoms with van der Waals surface area (Å²) >= 11 is 0. The standard InChI is InChI=1S/C49H47F2N9O6S/c1-3-20-64-48(61)60-33-15-16-34(60)26-57(25-33)46-39-23-52-43(38-11-6-9-31-14-17-40(50)37(4-2)41(31)38)42(51)44(39)54-47(55-46)65-28-49-18-7-19-58(49)27-35(22-49)66-67(62,63)36-10-5-8-30(21-36)24-59-29-53-45(56-59)32-12-13-32/h2-3,5-6,8-11,14,17,21,23,29,32-35H,1,7,12-13,15-16,18-20,22,24-28H2/t33-,34+,35-,49+/m1/s1. The van der Waals surface area contributed by atoms with Gasteiger partial charge in [-0.05, 0) is 80.6 Å². The Hall–Kier alpha value is -6.55. The molecule has 11 rings (SSSR count). The molecule has 4 saturated heterocycles. The van der Waals surface area contributed by atoms with Crippen LogP contribution in [0.15, 0.2) is 84.7 Å². The molecule has 0 N–H and O–H groups in total. The third-order valence-corrected chi connectivity index (χ3v) is 15.2. The van der Waals surface area contributed by atoms with Crippen LogP contribution < -0.4 is 9.64 Å². The number of rotatable bonds is 13. The molecular weight excluding hydrogens is 881 g/mol. The zero-order valence-electron chi connectivity index (χ0n) is 36.6. The van der Waals surface area contributed by atoms with E-state index in [4.69, 9.17) is 25.1 Å². The van der Waals surface area contributed by atoms with Gasteiger partial charge in [-0.15, -0.1) is 6.42 Å². The van der Waals surface area contributed by atoms with Crippen molar-refractivity contribution < 1.29 is 35.6 Å². The second-order valence-corrected chi connectivity index (χ2v) is 19.8. The average Bonchev–Trinajstić information content (AvgIpc) is 3.67. The van der Waals surface area contributed by atoms with Gasteiger partial charge in [-0.2, -0.15) is 23.5 Å². The summed E-state index contributed by atoms with van der Waals surface area (Å²) in [6.07, 6.45) is 15.0. The maximum absolute atomic E-state index is 17.3. The summed E-state index contributed by atoms with van der Waals surface area (Å²) in [6.45, 7) is 6.06. The van der Waals surface area contributed by atoms with Gasteiger partial charge in [0.15, 0.2) is 11.6 Å². The molecule has 3 aromatic carbocycles. The second kappa shape index (κ2) is 17.0. The van der Waals surface area contributed by atoms with Crippen molar-refractivity contribution in [2.24, 2.45) is 0 Å². The summed E-state index contributed by atoms with van der Waals surface area (Å²) in [6, 6.07) is 14.3. The molecule has 0 spiro atoms. The molecule has 6 aromatic rings. The summed E-state index contributed by atoms with van der Waals surface area (Å²) in [4.78, 5) is 37.8. The van der Waals surface area contributed by atoms with Gasteiger partial charge in [-0.25, -0.2) is 23.2 Å². The van der Waals surface area contributed by atoms with E-state index in [1.165, 1.54) is 24.4 Å². The Labute approximate surface area is 385 Å². The highest BCUT2D eigenvalue weighted by atomic mass is 32.2. The predicted octanol–water partition coefficient (Wildman–Crippen LogP) is 6.99. The van der Waals surface area contributed by atoms with E-state index in [1.54, 1.807) is 52.3 Å². The van der Waals surface area contributed by atoms with Crippen LogP contribution in [0.3, 0.4) is 0 Å². The van der Waals surface area contributed by atoms with E-state index in [9.17, 15) is 13.2 Å². The van der Waals surface area contributed by atoms with E-state index in [0.29, 0.717) is 79.0 Å². The van der Waals surface area contributed by atoms with E-state index >= 15 is 8.78 Å². The number of pyridine rings is 1. The van der Waals surface area contributed by atoms with Crippen molar-refractivity contribution in [1.82, 2.24) is 39.5 Å². The molecule has 5 aliphatic rings. The number of carbonyl (C=O) groups is 1. The lowest BCUT2D eigenvalue weighted by Crippen LogP contribution is -2.56. The minimum atomic E-state index is -4.15. The lowest BCUT2D eigenvalue weighted by molar-refractivity contribution is 0.0867. The van der Waals surface area contributed by atoms with Crippen LogP contribution in [-0.2, 0) is 25.6 Å². The lowest BCUT2D eigenvalue weighted by atomic mass is 9.94. The van der Waals surface area contributed by atoms with Gasteiger partial charge in [0.25, 0.3) is 10.1 Å². The van der Waals surface area contributed by atoms with Crippen LogP contribution in [0.25, 0.3) is 32.9 Å². The van der Waals surface area contributed by atoms with Crippen LogP contribution in [0, 0.1) is 24.0 Å². The number of terminal acetylenes is 1. The van der Waals surface area contributed by atoms with E-state index in [-0.39, 0.29) is 53.0 Å². The first-order chi connectivity index (χ1) is 32.5. The first kappa shape index (κ1) is 43.0. The number of anilines is 1. The van der Waals surface area contributed by atoms with Gasteiger partial charge < -0.3 is 14.4 Å². The zero-order valence-corrected chi connectivity index (χ0v) is 37.4. The fraction of sp³-hybridized carbons (Fsp3) is 0.388. The van der Waals surface area contributed by atoms with Gasteiger partial charge in [-0.3, -0.25) is 19.0 Å². The minimum absolute atomic E-state index is 0.00694. The molecule has 1 saturated carbocycles. The molecule has 4 atom stereocenters. The van der Waals surface area contributed by atoms with Crippen molar-refractivity contribution in [1.29, 1.82) is 0 Å². The number of piperazine rings is 1. The number of fused-ring (bicyclic) bond motifs is 5. The molecule has 2 bridgehead atoms. The topological polar surface area (TPSA) is 158 Å². The highest BCUT2D eigenvalue weighted by Crippen LogP contribution is 2.43. The van der Waals surface area contributed by atoms with Gasteiger partial charge in [0.1, 0.15) is 42.4 Å². The first-order valence-corrected chi connectivity index (χ1v) is 24.1. The number of amides is 1. The third-order valence-electron chi connectivity index (χ3n) is 13.9. The summed E-state index contributed by atoms with van der Waals surface area (Å²) < 4.78 is 79.7. The molecule has 3 aromatic heterocycles. The molecule has 15 nitrogen and oxygen atoms in total. The van der Waals surface area contributed by atoms with Crippen LogP contribution in [0.1, 0.15) is 67.8 Å². The van der Waals surface area contributed by atoms with Crippen LogP contribution in [0.2, 0.25) is 0 Å². The number of halogens is 2. The number of carbonyl (C=O) groups excluding carboxylic acids is 1. The van der Waals surface area contributed by atoms with Crippen molar-refractivity contribution in [3.63, 3.8) is 0 Å². The summed E-state index contributed by atoms with van der Waals surface area (Å²) in [5, 5.41) is 5.86. The quantitative estimate of drug-likeness (QED) is 0.0664. The number of hydrogen-bond donors (Lipinski definition) is 0. The molecule has 1 aliphatic carbocycles. The van der Waals surface area contributed by atoms with Crippen LogP contribution >= 0.6 is 0 Å². The molecule has 344 valence electrons.